The predicted octanol–water partition coefficient (Wildman–Crippen LogP) is 4.28. The van der Waals surface area contributed by atoms with E-state index in [0.717, 1.165) is 55.4 Å². The van der Waals surface area contributed by atoms with Crippen LogP contribution < -0.4 is 9.47 Å². The van der Waals surface area contributed by atoms with Crippen LogP contribution in [0.4, 0.5) is 0 Å². The molecule has 0 unspecified atom stereocenters. The van der Waals surface area contributed by atoms with E-state index in [1.165, 1.54) is 0 Å². The number of ether oxygens (including phenoxy) is 3. The maximum atomic E-state index is 11.0. The number of hydrogen-bond donors (Lipinski definition) is 1. The minimum atomic E-state index is -0.459. The summed E-state index contributed by atoms with van der Waals surface area (Å²) < 4.78 is 19.2. The largest absolute Gasteiger partial charge is 0.497 e. The van der Waals surface area contributed by atoms with Gasteiger partial charge in [0, 0.05) is 44.8 Å². The van der Waals surface area contributed by atoms with Crippen LogP contribution in [0.15, 0.2) is 54.6 Å². The Balaban J connectivity index is 1.63. The summed E-state index contributed by atoms with van der Waals surface area (Å²) in [5.41, 5.74) is 2.83. The van der Waals surface area contributed by atoms with Crippen molar-refractivity contribution in [2.75, 3.05) is 46.5 Å². The summed E-state index contributed by atoms with van der Waals surface area (Å²) in [6, 6.07) is 17.9. The number of para-hydroxylation sites is 1. The Bertz CT molecular complexity index is 1110. The lowest BCUT2D eigenvalue weighted by molar-refractivity contribution is 0.00243. The van der Waals surface area contributed by atoms with E-state index in [1.807, 2.05) is 66.2 Å². The van der Waals surface area contributed by atoms with Crippen molar-refractivity contribution in [1.29, 1.82) is 0 Å². The lowest BCUT2D eigenvalue weighted by Crippen LogP contribution is -2.46. The molecule has 0 aliphatic carbocycles. The standard InChI is InChI=1S/C29H40N4O4/c1-5-22(2)32(20-25(34)19-31-14-16-36-17-15-31)21-28-23(3)30-33(24-10-7-6-8-11-24)29(28)37-27-13-9-12-26(18-27)35-4/h6-13,18,22,25,34H,5,14-17,19-21H2,1-4H3/t22-,25+/m0/s1. The maximum Gasteiger partial charge on any atom is 0.227 e. The van der Waals surface area contributed by atoms with E-state index in [2.05, 4.69) is 23.6 Å². The highest BCUT2D eigenvalue weighted by atomic mass is 16.5. The molecule has 0 spiro atoms. The van der Waals surface area contributed by atoms with Gasteiger partial charge < -0.3 is 19.3 Å². The highest BCUT2D eigenvalue weighted by molar-refractivity contribution is 5.44. The predicted molar refractivity (Wildman–Crippen MR) is 145 cm³/mol. The second-order valence-electron chi connectivity index (χ2n) is 9.65. The molecule has 2 atom stereocenters. The average Bonchev–Trinajstić information content (AvgIpc) is 3.23. The number of hydrogen-bond acceptors (Lipinski definition) is 7. The lowest BCUT2D eigenvalue weighted by atomic mass is 10.1. The molecule has 1 N–H and O–H groups in total. The van der Waals surface area contributed by atoms with Crippen LogP contribution in [-0.4, -0.2) is 83.3 Å². The van der Waals surface area contributed by atoms with Crippen molar-refractivity contribution in [3.63, 3.8) is 0 Å². The number of aryl methyl sites for hydroxylation is 1. The van der Waals surface area contributed by atoms with Gasteiger partial charge >= 0.3 is 0 Å². The van der Waals surface area contributed by atoms with E-state index in [9.17, 15) is 5.11 Å². The van der Waals surface area contributed by atoms with Crippen molar-refractivity contribution in [3.8, 4) is 23.1 Å². The van der Waals surface area contributed by atoms with Crippen molar-refractivity contribution in [2.24, 2.45) is 0 Å². The van der Waals surface area contributed by atoms with E-state index >= 15 is 0 Å². The summed E-state index contributed by atoms with van der Waals surface area (Å²) in [6.45, 7) is 11.4. The van der Waals surface area contributed by atoms with Crippen molar-refractivity contribution in [2.45, 2.75) is 45.9 Å². The molecular weight excluding hydrogens is 468 g/mol. The van der Waals surface area contributed by atoms with Crippen LogP contribution in [0.2, 0.25) is 0 Å². The van der Waals surface area contributed by atoms with Gasteiger partial charge in [-0.1, -0.05) is 31.2 Å². The van der Waals surface area contributed by atoms with Gasteiger partial charge in [0.25, 0.3) is 0 Å². The summed E-state index contributed by atoms with van der Waals surface area (Å²) in [6.07, 6.45) is 0.515. The molecule has 0 bridgehead atoms. The number of aliphatic hydroxyl groups excluding tert-OH is 1. The number of morpholine rings is 1. The van der Waals surface area contributed by atoms with E-state index < -0.39 is 6.10 Å². The molecule has 8 heteroatoms. The number of methoxy groups -OCH3 is 1. The van der Waals surface area contributed by atoms with Crippen LogP contribution in [0.25, 0.3) is 5.69 Å². The third kappa shape index (κ3) is 7.11. The molecule has 4 rings (SSSR count). The summed E-state index contributed by atoms with van der Waals surface area (Å²) in [5, 5.41) is 15.9. The first-order chi connectivity index (χ1) is 18.0. The van der Waals surface area contributed by atoms with Crippen molar-refractivity contribution < 1.29 is 19.3 Å². The Labute approximate surface area is 220 Å². The van der Waals surface area contributed by atoms with Gasteiger partial charge in [0.15, 0.2) is 0 Å². The van der Waals surface area contributed by atoms with Gasteiger partial charge in [-0.25, -0.2) is 4.68 Å². The first kappa shape index (κ1) is 27.1. The third-order valence-electron chi connectivity index (χ3n) is 6.99. The number of β-amino-alcohol motifs (C(OH)–C–C–N with tert-alkyl or cyclic N) is 1. The van der Waals surface area contributed by atoms with E-state index in [4.69, 9.17) is 19.3 Å². The van der Waals surface area contributed by atoms with E-state index in [0.29, 0.717) is 31.3 Å². The van der Waals surface area contributed by atoms with Gasteiger partial charge in [-0.3, -0.25) is 9.80 Å². The second kappa shape index (κ2) is 13.1. The first-order valence-corrected chi connectivity index (χ1v) is 13.2. The SMILES string of the molecule is CC[C@H](C)N(Cc1c(C)nn(-c2ccccc2)c1Oc1cccc(OC)c1)C[C@H](O)CN1CCOCC1. The minimum Gasteiger partial charge on any atom is -0.497 e. The Kier molecular flexibility index (Phi) is 9.57. The van der Waals surface area contributed by atoms with Crippen molar-refractivity contribution in [1.82, 2.24) is 19.6 Å². The van der Waals surface area contributed by atoms with Gasteiger partial charge in [-0.2, -0.15) is 5.10 Å². The fraction of sp³-hybridized carbons (Fsp3) is 0.483. The number of nitrogens with zero attached hydrogens (tertiary/aromatic N) is 4. The third-order valence-corrected chi connectivity index (χ3v) is 6.99. The van der Waals surface area contributed by atoms with Gasteiger partial charge in [0.2, 0.25) is 5.88 Å². The summed E-state index contributed by atoms with van der Waals surface area (Å²) in [4.78, 5) is 4.61. The van der Waals surface area contributed by atoms with Crippen molar-refractivity contribution >= 4 is 0 Å². The van der Waals surface area contributed by atoms with Crippen LogP contribution in [0, 0.1) is 6.92 Å². The Hall–Kier alpha value is -2.91. The zero-order valence-electron chi connectivity index (χ0n) is 22.5. The molecule has 1 aliphatic rings. The number of aliphatic hydroxyl groups is 1. The molecule has 1 aromatic heterocycles. The first-order valence-electron chi connectivity index (χ1n) is 13.2. The molecule has 0 saturated carbocycles. The molecule has 2 heterocycles. The Morgan fingerprint density at radius 2 is 1.81 bits per heavy atom. The fourth-order valence-electron chi connectivity index (χ4n) is 4.62. The highest BCUT2D eigenvalue weighted by Crippen LogP contribution is 2.33. The van der Waals surface area contributed by atoms with Crippen LogP contribution in [0.5, 0.6) is 17.4 Å². The monoisotopic (exact) mass is 508 g/mol. The zero-order valence-corrected chi connectivity index (χ0v) is 22.5. The molecule has 0 amide bonds. The summed E-state index contributed by atoms with van der Waals surface area (Å²) in [7, 11) is 1.65. The molecule has 3 aromatic rings. The Morgan fingerprint density at radius 1 is 1.08 bits per heavy atom. The minimum absolute atomic E-state index is 0.281. The second-order valence-corrected chi connectivity index (χ2v) is 9.65. The molecule has 1 aliphatic heterocycles. The average molecular weight is 509 g/mol. The molecule has 2 aromatic carbocycles. The van der Waals surface area contributed by atoms with E-state index in [-0.39, 0.29) is 6.04 Å². The zero-order chi connectivity index (χ0) is 26.2. The molecule has 1 fully saturated rings. The lowest BCUT2D eigenvalue weighted by Gasteiger charge is -2.33. The number of benzene rings is 2. The smallest absolute Gasteiger partial charge is 0.227 e. The molecule has 200 valence electrons. The van der Waals surface area contributed by atoms with E-state index in [1.54, 1.807) is 7.11 Å². The molecule has 1 saturated heterocycles. The number of aromatic nitrogens is 2. The summed E-state index contributed by atoms with van der Waals surface area (Å²) >= 11 is 0. The van der Waals surface area contributed by atoms with Gasteiger partial charge in [0.1, 0.15) is 11.5 Å². The van der Waals surface area contributed by atoms with Crippen LogP contribution in [0.3, 0.4) is 0 Å². The maximum absolute atomic E-state index is 11.0. The van der Waals surface area contributed by atoms with Gasteiger partial charge in [-0.05, 0) is 44.5 Å². The Morgan fingerprint density at radius 3 is 2.51 bits per heavy atom. The van der Waals surface area contributed by atoms with Crippen LogP contribution in [0.1, 0.15) is 31.5 Å². The molecule has 8 nitrogen and oxygen atoms in total. The number of rotatable bonds is 12. The van der Waals surface area contributed by atoms with Crippen molar-refractivity contribution in [3.05, 3.63) is 65.9 Å². The molecular formula is C29H40N4O4. The summed E-state index contributed by atoms with van der Waals surface area (Å²) in [5.74, 6) is 2.09. The van der Waals surface area contributed by atoms with Gasteiger partial charge in [0.05, 0.1) is 43.4 Å². The molecule has 0 radical (unpaired) electrons. The normalized spacial score (nSPS) is 16.1. The van der Waals surface area contributed by atoms with Crippen LogP contribution in [-0.2, 0) is 11.3 Å². The molecule has 37 heavy (non-hydrogen) atoms. The van der Waals surface area contributed by atoms with Gasteiger partial charge in [-0.15, -0.1) is 0 Å². The topological polar surface area (TPSA) is 72.2 Å². The quantitative estimate of drug-likeness (QED) is 0.392. The highest BCUT2D eigenvalue weighted by Gasteiger charge is 2.25. The fourth-order valence-corrected chi connectivity index (χ4v) is 4.62. The van der Waals surface area contributed by atoms with Crippen LogP contribution >= 0.6 is 0 Å².